The molecule has 0 aliphatic carbocycles. The van der Waals surface area contributed by atoms with Gasteiger partial charge in [0.15, 0.2) is 5.78 Å². The van der Waals surface area contributed by atoms with Gasteiger partial charge in [-0.15, -0.1) is 0 Å². The molecule has 23 heavy (non-hydrogen) atoms. The van der Waals surface area contributed by atoms with Gasteiger partial charge in [-0.1, -0.05) is 17.7 Å². The van der Waals surface area contributed by atoms with Crippen molar-refractivity contribution in [1.82, 2.24) is 0 Å². The lowest BCUT2D eigenvalue weighted by Crippen LogP contribution is -2.01. The Hall–Kier alpha value is -2.88. The number of aryl methyl sites for hydroxylation is 1. The summed E-state index contributed by atoms with van der Waals surface area (Å²) in [5, 5.41) is 0. The molecule has 2 aromatic carbocycles. The van der Waals surface area contributed by atoms with Gasteiger partial charge in [0.05, 0.1) is 6.61 Å². The average Bonchev–Trinajstić information content (AvgIpc) is 2.56. The fourth-order valence-corrected chi connectivity index (χ4v) is 1.86. The lowest BCUT2D eigenvalue weighted by Gasteiger charge is -2.06. The van der Waals surface area contributed by atoms with E-state index in [0.717, 1.165) is 17.4 Å². The molecule has 118 valence electrons. The Morgan fingerprint density at radius 1 is 0.913 bits per heavy atom. The van der Waals surface area contributed by atoms with E-state index in [9.17, 15) is 9.59 Å². The summed E-state index contributed by atoms with van der Waals surface area (Å²) in [5.41, 5.74) is 1.63. The van der Waals surface area contributed by atoms with E-state index >= 15 is 0 Å². The van der Waals surface area contributed by atoms with Gasteiger partial charge in [0.25, 0.3) is 0 Å². The van der Waals surface area contributed by atoms with Crippen LogP contribution >= 0.6 is 0 Å². The molecule has 0 N–H and O–H groups in total. The molecule has 0 saturated heterocycles. The van der Waals surface area contributed by atoms with Gasteiger partial charge in [0.1, 0.15) is 11.5 Å². The highest BCUT2D eigenvalue weighted by molar-refractivity contribution is 6.07. The Kier molecular flexibility index (Phi) is 5.69. The third-order valence-corrected chi connectivity index (χ3v) is 3.05. The molecule has 0 amide bonds. The zero-order valence-corrected chi connectivity index (χ0v) is 13.1. The van der Waals surface area contributed by atoms with E-state index in [-0.39, 0.29) is 12.4 Å². The number of rotatable bonds is 6. The first-order valence-electron chi connectivity index (χ1n) is 7.32. The van der Waals surface area contributed by atoms with Gasteiger partial charge in [0, 0.05) is 11.6 Å². The molecule has 2 aromatic rings. The van der Waals surface area contributed by atoms with Crippen LogP contribution in [0.1, 0.15) is 22.8 Å². The summed E-state index contributed by atoms with van der Waals surface area (Å²) in [7, 11) is 0. The number of carbonyl (C=O) groups excluding carboxylic acids is 2. The molecule has 4 nitrogen and oxygen atoms in total. The van der Waals surface area contributed by atoms with Gasteiger partial charge in [-0.25, -0.2) is 4.79 Å². The van der Waals surface area contributed by atoms with Gasteiger partial charge in [-0.05, 0) is 56.3 Å². The Labute approximate surface area is 135 Å². The molecule has 0 aliphatic rings. The molecule has 0 heterocycles. The highest BCUT2D eigenvalue weighted by atomic mass is 16.5. The van der Waals surface area contributed by atoms with E-state index in [2.05, 4.69) is 0 Å². The highest BCUT2D eigenvalue weighted by Gasteiger charge is 2.04. The molecular weight excluding hydrogens is 292 g/mol. The fraction of sp³-hybridized carbons (Fsp3) is 0.158. The molecule has 2 rings (SSSR count). The van der Waals surface area contributed by atoms with E-state index in [4.69, 9.17) is 9.47 Å². The molecule has 0 fully saturated rings. The largest absolute Gasteiger partial charge is 0.463 e. The van der Waals surface area contributed by atoms with Crippen molar-refractivity contribution in [2.75, 3.05) is 6.61 Å². The third-order valence-electron chi connectivity index (χ3n) is 3.05. The zero-order chi connectivity index (χ0) is 16.7. The van der Waals surface area contributed by atoms with Gasteiger partial charge >= 0.3 is 5.97 Å². The minimum Gasteiger partial charge on any atom is -0.463 e. The summed E-state index contributed by atoms with van der Waals surface area (Å²) in [6, 6.07) is 14.4. The summed E-state index contributed by atoms with van der Waals surface area (Å²) in [5.74, 6) is 0.580. The van der Waals surface area contributed by atoms with Gasteiger partial charge < -0.3 is 9.47 Å². The molecule has 0 radical (unpaired) electrons. The number of ether oxygens (including phenoxy) is 2. The Balaban J connectivity index is 2.00. The first kappa shape index (κ1) is 16.5. The van der Waals surface area contributed by atoms with E-state index in [1.165, 1.54) is 6.08 Å². The lowest BCUT2D eigenvalue weighted by molar-refractivity contribution is -0.137. The van der Waals surface area contributed by atoms with Crippen LogP contribution in [0.3, 0.4) is 0 Å². The maximum atomic E-state index is 11.9. The van der Waals surface area contributed by atoms with Crippen LogP contribution in [-0.2, 0) is 9.53 Å². The second-order valence-corrected chi connectivity index (χ2v) is 4.89. The van der Waals surface area contributed by atoms with Crippen LogP contribution in [-0.4, -0.2) is 18.4 Å². The van der Waals surface area contributed by atoms with Crippen molar-refractivity contribution in [3.05, 3.63) is 71.8 Å². The SMILES string of the molecule is CCOC(=O)/C=C/C(=O)c1ccc(Oc2ccc(C)cc2)cc1. The highest BCUT2D eigenvalue weighted by Crippen LogP contribution is 2.22. The summed E-state index contributed by atoms with van der Waals surface area (Å²) in [4.78, 5) is 23.1. The standard InChI is InChI=1S/C19H18O4/c1-3-22-19(21)13-12-18(20)15-6-10-17(11-7-15)23-16-8-4-14(2)5-9-16/h4-13H,3H2,1-2H3/b13-12+. The number of allylic oxidation sites excluding steroid dienone is 1. The average molecular weight is 310 g/mol. The van der Waals surface area contributed by atoms with E-state index in [1.807, 2.05) is 31.2 Å². The third kappa shape index (κ3) is 5.11. The van der Waals surface area contributed by atoms with Crippen LogP contribution < -0.4 is 4.74 Å². The van der Waals surface area contributed by atoms with Crippen molar-refractivity contribution < 1.29 is 19.1 Å². The predicted molar refractivity (Wildman–Crippen MR) is 87.8 cm³/mol. The lowest BCUT2D eigenvalue weighted by atomic mass is 10.1. The number of esters is 1. The van der Waals surface area contributed by atoms with Crippen LogP contribution in [0.4, 0.5) is 0 Å². The molecule has 0 saturated carbocycles. The Morgan fingerprint density at radius 3 is 2.04 bits per heavy atom. The molecule has 0 unspecified atom stereocenters. The number of ketones is 1. The number of hydrogen-bond acceptors (Lipinski definition) is 4. The minimum absolute atomic E-state index is 0.264. The maximum Gasteiger partial charge on any atom is 0.330 e. The molecule has 0 aliphatic heterocycles. The van der Waals surface area contributed by atoms with E-state index < -0.39 is 5.97 Å². The van der Waals surface area contributed by atoms with Crippen LogP contribution in [0.2, 0.25) is 0 Å². The van der Waals surface area contributed by atoms with Crippen molar-refractivity contribution >= 4 is 11.8 Å². The number of benzene rings is 2. The summed E-state index contributed by atoms with van der Waals surface area (Å²) >= 11 is 0. The molecular formula is C19H18O4. The number of hydrogen-bond donors (Lipinski definition) is 0. The van der Waals surface area contributed by atoms with Crippen molar-refractivity contribution in [3.63, 3.8) is 0 Å². The maximum absolute atomic E-state index is 11.9. The van der Waals surface area contributed by atoms with Crippen molar-refractivity contribution in [3.8, 4) is 11.5 Å². The molecule has 0 aromatic heterocycles. The molecule has 0 spiro atoms. The van der Waals surface area contributed by atoms with Crippen molar-refractivity contribution in [2.45, 2.75) is 13.8 Å². The second-order valence-electron chi connectivity index (χ2n) is 4.89. The van der Waals surface area contributed by atoms with Gasteiger partial charge in [-0.2, -0.15) is 0 Å². The second kappa shape index (κ2) is 7.94. The Bertz CT molecular complexity index is 697. The first-order chi connectivity index (χ1) is 11.1. The van der Waals surface area contributed by atoms with Crippen LogP contribution in [0.5, 0.6) is 11.5 Å². The molecule has 0 bridgehead atoms. The molecule has 0 atom stereocenters. The van der Waals surface area contributed by atoms with Crippen LogP contribution in [0.15, 0.2) is 60.7 Å². The van der Waals surface area contributed by atoms with E-state index in [1.54, 1.807) is 31.2 Å². The topological polar surface area (TPSA) is 52.6 Å². The number of carbonyl (C=O) groups is 2. The molecule has 4 heteroatoms. The normalized spacial score (nSPS) is 10.5. The monoisotopic (exact) mass is 310 g/mol. The quantitative estimate of drug-likeness (QED) is 0.458. The van der Waals surface area contributed by atoms with Crippen LogP contribution in [0, 0.1) is 6.92 Å². The summed E-state index contributed by atoms with van der Waals surface area (Å²) in [6.07, 6.45) is 2.33. The fourth-order valence-electron chi connectivity index (χ4n) is 1.86. The minimum atomic E-state index is -0.528. The Morgan fingerprint density at radius 2 is 1.48 bits per heavy atom. The summed E-state index contributed by atoms with van der Waals surface area (Å²) in [6.45, 7) is 4.00. The van der Waals surface area contributed by atoms with Gasteiger partial charge in [-0.3, -0.25) is 4.79 Å². The van der Waals surface area contributed by atoms with Crippen LogP contribution in [0.25, 0.3) is 0 Å². The smallest absolute Gasteiger partial charge is 0.330 e. The van der Waals surface area contributed by atoms with Gasteiger partial charge in [0.2, 0.25) is 0 Å². The first-order valence-corrected chi connectivity index (χ1v) is 7.32. The van der Waals surface area contributed by atoms with Crippen molar-refractivity contribution in [1.29, 1.82) is 0 Å². The van der Waals surface area contributed by atoms with E-state index in [0.29, 0.717) is 11.3 Å². The summed E-state index contributed by atoms with van der Waals surface area (Å²) < 4.78 is 10.4. The predicted octanol–water partition coefficient (Wildman–Crippen LogP) is 4.09. The van der Waals surface area contributed by atoms with Crippen molar-refractivity contribution in [2.24, 2.45) is 0 Å². The zero-order valence-electron chi connectivity index (χ0n) is 13.1.